The molecule has 0 aromatic carbocycles. The van der Waals surface area contributed by atoms with Gasteiger partial charge in [-0.05, 0) is 11.6 Å². The van der Waals surface area contributed by atoms with E-state index in [4.69, 9.17) is 21.1 Å². The number of nitrogens with one attached hydrogen (secondary N) is 2. The van der Waals surface area contributed by atoms with Crippen LogP contribution in [0.4, 0.5) is 0 Å². The van der Waals surface area contributed by atoms with E-state index in [1.165, 1.54) is 0 Å². The number of halogens is 1. The lowest BCUT2D eigenvalue weighted by molar-refractivity contribution is -0.122. The van der Waals surface area contributed by atoms with E-state index in [0.717, 1.165) is 0 Å². The van der Waals surface area contributed by atoms with E-state index in [0.29, 0.717) is 18.9 Å². The summed E-state index contributed by atoms with van der Waals surface area (Å²) in [5, 5.41) is 18.9. The molecule has 2 aliphatic heterocycles. The maximum absolute atomic E-state index is 11.9. The number of aliphatic hydroxyl groups is 1. The van der Waals surface area contributed by atoms with Gasteiger partial charge in [0.1, 0.15) is 24.1 Å². The lowest BCUT2D eigenvalue weighted by Gasteiger charge is -2.17. The second-order valence-corrected chi connectivity index (χ2v) is 5.23. The summed E-state index contributed by atoms with van der Waals surface area (Å²) < 4.78 is 10.9. The topological polar surface area (TPSA) is 109 Å². The van der Waals surface area contributed by atoms with Crippen LogP contribution < -0.4 is 5.32 Å². The molecule has 20 heavy (non-hydrogen) atoms. The second kappa shape index (κ2) is 5.65. The van der Waals surface area contributed by atoms with Crippen molar-refractivity contribution >= 4 is 17.5 Å². The zero-order valence-electron chi connectivity index (χ0n) is 10.6. The van der Waals surface area contributed by atoms with Gasteiger partial charge >= 0.3 is 0 Å². The van der Waals surface area contributed by atoms with Gasteiger partial charge in [-0.1, -0.05) is 0 Å². The SMILES string of the molecule is O=C(CCc1nc(Cl)n[nH]1)N[C@H]1CO[C@H]2[C@@H]1OC[C@@H]2O. The number of aromatic amines is 1. The molecule has 0 saturated carbocycles. The molecule has 2 aliphatic rings. The number of fused-ring (bicyclic) bond motifs is 1. The lowest BCUT2D eigenvalue weighted by Crippen LogP contribution is -2.44. The van der Waals surface area contributed by atoms with Crippen molar-refractivity contribution in [1.29, 1.82) is 0 Å². The molecule has 0 aliphatic carbocycles. The summed E-state index contributed by atoms with van der Waals surface area (Å²) in [4.78, 5) is 15.8. The van der Waals surface area contributed by atoms with Crippen LogP contribution in [0.3, 0.4) is 0 Å². The number of amides is 1. The first kappa shape index (κ1) is 13.7. The maximum Gasteiger partial charge on any atom is 0.242 e. The number of carbonyl (C=O) groups excluding carboxylic acids is 1. The van der Waals surface area contributed by atoms with Crippen molar-refractivity contribution in [3.63, 3.8) is 0 Å². The highest BCUT2D eigenvalue weighted by molar-refractivity contribution is 6.28. The summed E-state index contributed by atoms with van der Waals surface area (Å²) in [5.41, 5.74) is 0. The van der Waals surface area contributed by atoms with E-state index in [1.54, 1.807) is 0 Å². The van der Waals surface area contributed by atoms with E-state index in [9.17, 15) is 9.90 Å². The summed E-state index contributed by atoms with van der Waals surface area (Å²) in [5.74, 6) is 0.440. The fraction of sp³-hybridized carbons (Fsp3) is 0.727. The molecule has 3 heterocycles. The Labute approximate surface area is 119 Å². The van der Waals surface area contributed by atoms with Crippen molar-refractivity contribution in [1.82, 2.24) is 20.5 Å². The molecule has 3 rings (SSSR count). The second-order valence-electron chi connectivity index (χ2n) is 4.89. The smallest absolute Gasteiger partial charge is 0.242 e. The van der Waals surface area contributed by atoms with Crippen LogP contribution in [0, 0.1) is 0 Å². The summed E-state index contributed by atoms with van der Waals surface area (Å²) in [6.07, 6.45) is -0.529. The normalized spacial score (nSPS) is 32.3. The zero-order chi connectivity index (χ0) is 14.1. The predicted molar refractivity (Wildman–Crippen MR) is 67.1 cm³/mol. The summed E-state index contributed by atoms with van der Waals surface area (Å²) in [7, 11) is 0. The van der Waals surface area contributed by atoms with E-state index >= 15 is 0 Å². The molecule has 0 unspecified atom stereocenters. The monoisotopic (exact) mass is 302 g/mol. The summed E-state index contributed by atoms with van der Waals surface area (Å²) in [6, 6.07) is -0.219. The predicted octanol–water partition coefficient (Wildman–Crippen LogP) is -0.966. The number of ether oxygens (including phenoxy) is 2. The van der Waals surface area contributed by atoms with Crippen molar-refractivity contribution < 1.29 is 19.4 Å². The van der Waals surface area contributed by atoms with Gasteiger partial charge in [0.15, 0.2) is 0 Å². The van der Waals surface area contributed by atoms with Gasteiger partial charge in [-0.25, -0.2) is 4.98 Å². The van der Waals surface area contributed by atoms with Gasteiger partial charge in [-0.2, -0.15) is 0 Å². The van der Waals surface area contributed by atoms with Crippen LogP contribution in [0.5, 0.6) is 0 Å². The molecule has 2 saturated heterocycles. The van der Waals surface area contributed by atoms with Gasteiger partial charge in [0, 0.05) is 12.8 Å². The van der Waals surface area contributed by atoms with E-state index in [-0.39, 0.29) is 42.5 Å². The molecule has 3 N–H and O–H groups in total. The summed E-state index contributed by atoms with van der Waals surface area (Å²) in [6.45, 7) is 0.602. The van der Waals surface area contributed by atoms with Crippen LogP contribution in [0.1, 0.15) is 12.2 Å². The third kappa shape index (κ3) is 2.78. The van der Waals surface area contributed by atoms with Crippen LogP contribution in [0.2, 0.25) is 5.28 Å². The highest BCUT2D eigenvalue weighted by Crippen LogP contribution is 2.26. The van der Waals surface area contributed by atoms with Crippen molar-refractivity contribution in [3.05, 3.63) is 11.1 Å². The summed E-state index contributed by atoms with van der Waals surface area (Å²) >= 11 is 5.58. The number of nitrogens with zero attached hydrogens (tertiary/aromatic N) is 2. The first-order valence-corrected chi connectivity index (χ1v) is 6.78. The minimum Gasteiger partial charge on any atom is -0.388 e. The molecule has 0 bridgehead atoms. The Hall–Kier alpha value is -1.22. The lowest BCUT2D eigenvalue weighted by atomic mass is 10.1. The third-order valence-corrected chi connectivity index (χ3v) is 3.64. The fourth-order valence-corrected chi connectivity index (χ4v) is 2.64. The number of H-pyrrole nitrogens is 1. The van der Waals surface area contributed by atoms with E-state index < -0.39 is 6.10 Å². The van der Waals surface area contributed by atoms with Crippen LogP contribution in [-0.4, -0.2) is 63.8 Å². The molecule has 0 spiro atoms. The van der Waals surface area contributed by atoms with Gasteiger partial charge < -0.3 is 19.9 Å². The highest BCUT2D eigenvalue weighted by atomic mass is 35.5. The Balaban J connectivity index is 1.47. The molecule has 2 fully saturated rings. The molecule has 110 valence electrons. The number of carbonyl (C=O) groups is 1. The molecule has 1 aromatic rings. The molecule has 1 aromatic heterocycles. The van der Waals surface area contributed by atoms with Crippen LogP contribution in [0.15, 0.2) is 0 Å². The Morgan fingerprint density at radius 3 is 3.00 bits per heavy atom. The number of hydrogen-bond acceptors (Lipinski definition) is 6. The highest BCUT2D eigenvalue weighted by Gasteiger charge is 2.47. The fourth-order valence-electron chi connectivity index (χ4n) is 2.50. The number of rotatable bonds is 4. The Kier molecular flexibility index (Phi) is 3.88. The number of aryl methyl sites for hydroxylation is 1. The van der Waals surface area contributed by atoms with Gasteiger partial charge in [-0.15, -0.1) is 5.10 Å². The molecular formula is C11H15ClN4O4. The van der Waals surface area contributed by atoms with Crippen molar-refractivity contribution in [2.45, 2.75) is 37.2 Å². The minimum atomic E-state index is -0.613. The van der Waals surface area contributed by atoms with Gasteiger partial charge in [0.25, 0.3) is 0 Å². The third-order valence-electron chi connectivity index (χ3n) is 3.47. The van der Waals surface area contributed by atoms with Crippen molar-refractivity contribution in [3.8, 4) is 0 Å². The Bertz CT molecular complexity index is 497. The van der Waals surface area contributed by atoms with Gasteiger partial charge in [0.2, 0.25) is 11.2 Å². The Morgan fingerprint density at radius 2 is 2.25 bits per heavy atom. The number of hydrogen-bond donors (Lipinski definition) is 3. The average Bonchev–Trinajstić information content (AvgIpc) is 3.08. The van der Waals surface area contributed by atoms with Crippen LogP contribution >= 0.6 is 11.6 Å². The first-order valence-electron chi connectivity index (χ1n) is 6.41. The van der Waals surface area contributed by atoms with Gasteiger partial charge in [0.05, 0.1) is 19.3 Å². The Morgan fingerprint density at radius 1 is 1.45 bits per heavy atom. The van der Waals surface area contributed by atoms with Crippen LogP contribution in [-0.2, 0) is 20.7 Å². The van der Waals surface area contributed by atoms with E-state index in [2.05, 4.69) is 20.5 Å². The molecule has 0 radical (unpaired) electrons. The molecule has 8 nitrogen and oxygen atoms in total. The largest absolute Gasteiger partial charge is 0.388 e. The molecule has 1 amide bonds. The van der Waals surface area contributed by atoms with Crippen LogP contribution in [0.25, 0.3) is 0 Å². The number of aromatic nitrogens is 3. The first-order chi connectivity index (χ1) is 9.63. The standard InChI is InChI=1S/C11H15ClN4O4/c12-11-14-7(15-16-11)1-2-8(18)13-5-3-19-10-6(17)4-20-9(5)10/h5-6,9-10,17H,1-4H2,(H,13,18)(H,14,15,16)/t5-,6-,9+,10+/m0/s1. The molecule has 4 atom stereocenters. The van der Waals surface area contributed by atoms with Crippen molar-refractivity contribution in [2.75, 3.05) is 13.2 Å². The van der Waals surface area contributed by atoms with Crippen molar-refractivity contribution in [2.24, 2.45) is 0 Å². The average molecular weight is 303 g/mol. The maximum atomic E-state index is 11.9. The minimum absolute atomic E-state index is 0.128. The molecular weight excluding hydrogens is 288 g/mol. The van der Waals surface area contributed by atoms with E-state index in [1.807, 2.05) is 0 Å². The quantitative estimate of drug-likeness (QED) is 0.660. The van der Waals surface area contributed by atoms with Gasteiger partial charge in [-0.3, -0.25) is 9.89 Å². The number of aliphatic hydroxyl groups excluding tert-OH is 1. The zero-order valence-corrected chi connectivity index (χ0v) is 11.3. The molecule has 9 heteroatoms.